The summed E-state index contributed by atoms with van der Waals surface area (Å²) < 4.78 is 5.87. The van der Waals surface area contributed by atoms with Crippen molar-refractivity contribution in [2.24, 2.45) is 0 Å². The topological polar surface area (TPSA) is 74.8 Å². The number of nitrogens with one attached hydrogen (secondary N) is 1. The zero-order valence-electron chi connectivity index (χ0n) is 11.7. The SMILES string of the molecule is O=C1NCCN1C(=O)N1CCCC(Oc2ccncc2)C1. The van der Waals surface area contributed by atoms with Crippen LogP contribution in [0.4, 0.5) is 9.59 Å². The Hall–Kier alpha value is -2.31. The molecule has 4 amide bonds. The van der Waals surface area contributed by atoms with Crippen LogP contribution in [0.15, 0.2) is 24.5 Å². The summed E-state index contributed by atoms with van der Waals surface area (Å²) in [4.78, 5) is 30.8. The summed E-state index contributed by atoms with van der Waals surface area (Å²) in [5, 5.41) is 2.64. The first-order valence-corrected chi connectivity index (χ1v) is 7.15. The molecule has 0 saturated carbocycles. The first-order valence-electron chi connectivity index (χ1n) is 7.15. The van der Waals surface area contributed by atoms with Gasteiger partial charge >= 0.3 is 12.1 Å². The Balaban J connectivity index is 1.60. The molecule has 7 nitrogen and oxygen atoms in total. The quantitative estimate of drug-likeness (QED) is 0.884. The highest BCUT2D eigenvalue weighted by Crippen LogP contribution is 2.19. The second-order valence-corrected chi connectivity index (χ2v) is 5.18. The number of piperidine rings is 1. The molecule has 1 atom stereocenters. The number of aromatic nitrogens is 1. The molecule has 112 valence electrons. The van der Waals surface area contributed by atoms with E-state index in [-0.39, 0.29) is 18.2 Å². The minimum atomic E-state index is -0.308. The van der Waals surface area contributed by atoms with Crippen LogP contribution in [0.3, 0.4) is 0 Å². The Morgan fingerprint density at radius 2 is 2.14 bits per heavy atom. The number of amides is 4. The van der Waals surface area contributed by atoms with E-state index in [0.29, 0.717) is 26.2 Å². The Labute approximate surface area is 122 Å². The molecule has 2 aliphatic heterocycles. The first-order chi connectivity index (χ1) is 10.2. The fourth-order valence-electron chi connectivity index (χ4n) is 2.64. The fourth-order valence-corrected chi connectivity index (χ4v) is 2.64. The Bertz CT molecular complexity index is 522. The van der Waals surface area contributed by atoms with Gasteiger partial charge in [-0.2, -0.15) is 0 Å². The van der Waals surface area contributed by atoms with E-state index in [4.69, 9.17) is 4.74 Å². The number of carbonyl (C=O) groups is 2. The molecule has 2 fully saturated rings. The maximum Gasteiger partial charge on any atom is 0.328 e. The number of carbonyl (C=O) groups excluding carboxylic acids is 2. The summed E-state index contributed by atoms with van der Waals surface area (Å²) in [6.07, 6.45) is 5.08. The minimum absolute atomic E-state index is 0.0456. The molecule has 1 aromatic heterocycles. The van der Waals surface area contributed by atoms with E-state index < -0.39 is 0 Å². The lowest BCUT2D eigenvalue weighted by molar-refractivity contribution is 0.0910. The standard InChI is InChI=1S/C14H18N4O3/c19-13-16-7-9-18(13)14(20)17-8-1-2-12(10-17)21-11-3-5-15-6-4-11/h3-6,12H,1-2,7-10H2,(H,16,19). The number of rotatable bonds is 2. The number of urea groups is 2. The van der Waals surface area contributed by atoms with Crippen LogP contribution >= 0.6 is 0 Å². The van der Waals surface area contributed by atoms with Gasteiger partial charge in [-0.25, -0.2) is 14.5 Å². The first kappa shape index (κ1) is 13.7. The van der Waals surface area contributed by atoms with E-state index in [0.717, 1.165) is 18.6 Å². The van der Waals surface area contributed by atoms with Gasteiger partial charge < -0.3 is 15.0 Å². The van der Waals surface area contributed by atoms with Gasteiger partial charge in [0.05, 0.1) is 6.54 Å². The van der Waals surface area contributed by atoms with Gasteiger partial charge in [0, 0.05) is 32.0 Å². The average molecular weight is 290 g/mol. The lowest BCUT2D eigenvalue weighted by Crippen LogP contribution is -2.50. The number of imide groups is 1. The van der Waals surface area contributed by atoms with Crippen molar-refractivity contribution >= 4 is 12.1 Å². The highest BCUT2D eigenvalue weighted by molar-refractivity contribution is 5.95. The van der Waals surface area contributed by atoms with Crippen molar-refractivity contribution in [1.82, 2.24) is 20.1 Å². The van der Waals surface area contributed by atoms with E-state index in [1.165, 1.54) is 4.90 Å². The van der Waals surface area contributed by atoms with Crippen molar-refractivity contribution in [3.63, 3.8) is 0 Å². The average Bonchev–Trinajstić information content (AvgIpc) is 2.94. The predicted octanol–water partition coefficient (Wildman–Crippen LogP) is 1.07. The van der Waals surface area contributed by atoms with Gasteiger partial charge in [-0.1, -0.05) is 0 Å². The molecule has 3 heterocycles. The van der Waals surface area contributed by atoms with Crippen molar-refractivity contribution in [3.8, 4) is 5.75 Å². The molecule has 2 aliphatic rings. The third-order valence-electron chi connectivity index (χ3n) is 3.69. The molecule has 1 aromatic rings. The summed E-state index contributed by atoms with van der Waals surface area (Å²) in [6, 6.07) is 3.06. The molecule has 0 spiro atoms. The number of ether oxygens (including phenoxy) is 1. The number of nitrogens with zero attached hydrogens (tertiary/aromatic N) is 3. The Kier molecular flexibility index (Phi) is 3.89. The van der Waals surface area contributed by atoms with E-state index in [2.05, 4.69) is 10.3 Å². The maximum atomic E-state index is 12.3. The molecule has 3 rings (SSSR count). The van der Waals surface area contributed by atoms with Crippen LogP contribution in [-0.2, 0) is 0 Å². The molecule has 2 saturated heterocycles. The van der Waals surface area contributed by atoms with E-state index in [9.17, 15) is 9.59 Å². The van der Waals surface area contributed by atoms with E-state index in [1.54, 1.807) is 29.4 Å². The molecule has 21 heavy (non-hydrogen) atoms. The normalized spacial score (nSPS) is 22.1. The number of hydrogen-bond acceptors (Lipinski definition) is 4. The van der Waals surface area contributed by atoms with Gasteiger partial charge in [0.15, 0.2) is 0 Å². The summed E-state index contributed by atoms with van der Waals surface area (Å²) in [6.45, 7) is 2.13. The zero-order valence-corrected chi connectivity index (χ0v) is 11.7. The largest absolute Gasteiger partial charge is 0.488 e. The van der Waals surface area contributed by atoms with Crippen LogP contribution in [0, 0.1) is 0 Å². The highest BCUT2D eigenvalue weighted by Gasteiger charge is 2.33. The molecule has 0 bridgehead atoms. The summed E-state index contributed by atoms with van der Waals surface area (Å²) >= 11 is 0. The van der Waals surface area contributed by atoms with Crippen LogP contribution in [0.2, 0.25) is 0 Å². The third kappa shape index (κ3) is 3.07. The number of pyridine rings is 1. The van der Waals surface area contributed by atoms with Crippen LogP contribution < -0.4 is 10.1 Å². The third-order valence-corrected chi connectivity index (χ3v) is 3.69. The summed E-state index contributed by atoms with van der Waals surface area (Å²) in [5.41, 5.74) is 0. The molecule has 0 aliphatic carbocycles. The molecule has 0 radical (unpaired) electrons. The van der Waals surface area contributed by atoms with Gasteiger partial charge in [-0.05, 0) is 25.0 Å². The van der Waals surface area contributed by atoms with Crippen molar-refractivity contribution in [1.29, 1.82) is 0 Å². The summed E-state index contributed by atoms with van der Waals surface area (Å²) in [5.74, 6) is 0.753. The lowest BCUT2D eigenvalue weighted by atomic mass is 10.1. The second kappa shape index (κ2) is 5.99. The maximum absolute atomic E-state index is 12.3. The monoisotopic (exact) mass is 290 g/mol. The van der Waals surface area contributed by atoms with E-state index >= 15 is 0 Å². The van der Waals surface area contributed by atoms with Crippen LogP contribution in [-0.4, -0.2) is 59.1 Å². The lowest BCUT2D eigenvalue weighted by Gasteiger charge is -2.34. The predicted molar refractivity (Wildman–Crippen MR) is 75.0 cm³/mol. The van der Waals surface area contributed by atoms with Gasteiger partial charge in [-0.15, -0.1) is 0 Å². The van der Waals surface area contributed by atoms with Gasteiger partial charge in [0.1, 0.15) is 11.9 Å². The Morgan fingerprint density at radius 3 is 2.86 bits per heavy atom. The van der Waals surface area contributed by atoms with Crippen molar-refractivity contribution in [3.05, 3.63) is 24.5 Å². The van der Waals surface area contributed by atoms with Gasteiger partial charge in [0.2, 0.25) is 0 Å². The van der Waals surface area contributed by atoms with E-state index in [1.807, 2.05) is 0 Å². The Morgan fingerprint density at radius 1 is 1.33 bits per heavy atom. The van der Waals surface area contributed by atoms with Crippen LogP contribution in [0.5, 0.6) is 5.75 Å². The number of hydrogen-bond donors (Lipinski definition) is 1. The van der Waals surface area contributed by atoms with Crippen LogP contribution in [0.1, 0.15) is 12.8 Å². The van der Waals surface area contributed by atoms with Gasteiger partial charge in [-0.3, -0.25) is 4.98 Å². The zero-order chi connectivity index (χ0) is 14.7. The second-order valence-electron chi connectivity index (χ2n) is 5.18. The van der Waals surface area contributed by atoms with Crippen LogP contribution in [0.25, 0.3) is 0 Å². The molecule has 1 N–H and O–H groups in total. The number of likely N-dealkylation sites (tertiary alicyclic amines) is 1. The molecule has 0 aromatic carbocycles. The molecular weight excluding hydrogens is 272 g/mol. The smallest absolute Gasteiger partial charge is 0.328 e. The minimum Gasteiger partial charge on any atom is -0.488 e. The highest BCUT2D eigenvalue weighted by atomic mass is 16.5. The van der Waals surface area contributed by atoms with Crippen molar-refractivity contribution < 1.29 is 14.3 Å². The molecule has 1 unspecified atom stereocenters. The molecular formula is C14H18N4O3. The van der Waals surface area contributed by atoms with Crippen molar-refractivity contribution in [2.45, 2.75) is 18.9 Å². The summed E-state index contributed by atoms with van der Waals surface area (Å²) in [7, 11) is 0. The fraction of sp³-hybridized carbons (Fsp3) is 0.500. The van der Waals surface area contributed by atoms with Gasteiger partial charge in [0.25, 0.3) is 0 Å². The van der Waals surface area contributed by atoms with Crippen molar-refractivity contribution in [2.75, 3.05) is 26.2 Å². The molecule has 7 heteroatoms.